The molecule has 1 fully saturated rings. The van der Waals surface area contributed by atoms with Crippen LogP contribution in [0, 0.1) is 17.0 Å². The first-order valence-electron chi connectivity index (χ1n) is 6.80. The lowest BCUT2D eigenvalue weighted by atomic mass is 9.93. The number of carbonyl (C=O) groups is 1. The molecule has 0 aromatic heterocycles. The maximum absolute atomic E-state index is 12.4. The molecule has 1 saturated heterocycles. The molecule has 7 heteroatoms. The number of hydrogen-bond acceptors (Lipinski definition) is 4. The summed E-state index contributed by atoms with van der Waals surface area (Å²) in [7, 11) is 0. The normalized spacial score (nSPS) is 20.7. The summed E-state index contributed by atoms with van der Waals surface area (Å²) in [6.45, 7) is 4.47. The van der Waals surface area contributed by atoms with Crippen LogP contribution in [0.25, 0.3) is 0 Å². The first-order valence-corrected chi connectivity index (χ1v) is 6.80. The summed E-state index contributed by atoms with van der Waals surface area (Å²) in [5.74, 6) is -0.115. The Morgan fingerprint density at radius 1 is 1.52 bits per heavy atom. The maximum Gasteiger partial charge on any atom is 0.274 e. The third-order valence-corrected chi connectivity index (χ3v) is 3.95. The van der Waals surface area contributed by atoms with Crippen LogP contribution in [-0.4, -0.2) is 22.9 Å². The average Bonchev–Trinajstić information content (AvgIpc) is 2.90. The summed E-state index contributed by atoms with van der Waals surface area (Å²) in [6.07, 6.45) is 2.46. The predicted molar refractivity (Wildman–Crippen MR) is 84.0 cm³/mol. The summed E-state index contributed by atoms with van der Waals surface area (Å²) in [6, 6.07) is 4.75. The number of carbonyl (C=O) groups excluding carboxylic acids is 1. The fourth-order valence-corrected chi connectivity index (χ4v) is 2.60. The van der Waals surface area contributed by atoms with Crippen molar-refractivity contribution >= 4 is 29.7 Å². The van der Waals surface area contributed by atoms with E-state index in [-0.39, 0.29) is 24.0 Å². The van der Waals surface area contributed by atoms with Gasteiger partial charge in [-0.15, -0.1) is 12.4 Å². The minimum atomic E-state index is -0.542. The van der Waals surface area contributed by atoms with E-state index in [1.165, 1.54) is 6.07 Å². The summed E-state index contributed by atoms with van der Waals surface area (Å²) < 4.78 is 0. The third kappa shape index (κ3) is 3.51. The van der Waals surface area contributed by atoms with E-state index in [0.717, 1.165) is 19.4 Å². The Morgan fingerprint density at radius 2 is 2.24 bits per heavy atom. The van der Waals surface area contributed by atoms with Crippen LogP contribution >= 0.6 is 12.4 Å². The molecule has 0 saturated carbocycles. The Bertz CT molecular complexity index is 542. The largest absolute Gasteiger partial charge is 0.324 e. The number of amides is 1. The van der Waals surface area contributed by atoms with E-state index in [0.29, 0.717) is 17.7 Å². The number of nitrogens with one attached hydrogen (secondary N) is 2. The fraction of sp³-hybridized carbons (Fsp3) is 0.500. The quantitative estimate of drug-likeness (QED) is 0.661. The van der Waals surface area contributed by atoms with Crippen molar-refractivity contribution in [1.29, 1.82) is 0 Å². The smallest absolute Gasteiger partial charge is 0.274 e. The number of rotatable bonds is 4. The lowest BCUT2D eigenvalue weighted by Gasteiger charge is -2.26. The SMILES string of the molecule is CCC1(C(=O)Nc2ccc(C)c([N+](=O)[O-])c2)CCCN1.Cl. The Morgan fingerprint density at radius 3 is 2.76 bits per heavy atom. The molecule has 2 rings (SSSR count). The molecular formula is C14H20ClN3O3. The van der Waals surface area contributed by atoms with Crippen LogP contribution < -0.4 is 10.6 Å². The summed E-state index contributed by atoms with van der Waals surface area (Å²) in [4.78, 5) is 22.9. The van der Waals surface area contributed by atoms with Crippen LogP contribution in [0.2, 0.25) is 0 Å². The molecular weight excluding hydrogens is 294 g/mol. The number of nitro benzene ring substituents is 1. The lowest BCUT2D eigenvalue weighted by Crippen LogP contribution is -2.50. The predicted octanol–water partition coefficient (Wildman–Crippen LogP) is 2.80. The molecule has 0 bridgehead atoms. The molecule has 1 aliphatic heterocycles. The molecule has 21 heavy (non-hydrogen) atoms. The van der Waals surface area contributed by atoms with Gasteiger partial charge < -0.3 is 10.6 Å². The van der Waals surface area contributed by atoms with Gasteiger partial charge in [-0.2, -0.15) is 0 Å². The van der Waals surface area contributed by atoms with E-state index in [4.69, 9.17) is 0 Å². The van der Waals surface area contributed by atoms with E-state index < -0.39 is 10.5 Å². The summed E-state index contributed by atoms with van der Waals surface area (Å²) in [5, 5.41) is 17.0. The molecule has 1 unspecified atom stereocenters. The van der Waals surface area contributed by atoms with Gasteiger partial charge in [0.2, 0.25) is 5.91 Å². The van der Waals surface area contributed by atoms with Crippen LogP contribution in [-0.2, 0) is 4.79 Å². The van der Waals surface area contributed by atoms with E-state index >= 15 is 0 Å². The van der Waals surface area contributed by atoms with Crippen molar-refractivity contribution in [1.82, 2.24) is 5.32 Å². The number of hydrogen-bond donors (Lipinski definition) is 2. The van der Waals surface area contributed by atoms with Crippen LogP contribution in [0.3, 0.4) is 0 Å². The number of nitrogens with zero attached hydrogens (tertiary/aromatic N) is 1. The Kier molecular flexibility index (Phi) is 5.69. The van der Waals surface area contributed by atoms with E-state index in [1.54, 1.807) is 19.1 Å². The van der Waals surface area contributed by atoms with Crippen molar-refractivity contribution in [3.63, 3.8) is 0 Å². The Hall–Kier alpha value is -1.66. The van der Waals surface area contributed by atoms with Crippen LogP contribution in [0.4, 0.5) is 11.4 Å². The number of nitro groups is 1. The number of anilines is 1. The maximum atomic E-state index is 12.4. The van der Waals surface area contributed by atoms with Crippen molar-refractivity contribution in [2.24, 2.45) is 0 Å². The van der Waals surface area contributed by atoms with Crippen molar-refractivity contribution in [3.05, 3.63) is 33.9 Å². The molecule has 1 amide bonds. The zero-order valence-electron chi connectivity index (χ0n) is 12.1. The molecule has 1 aromatic carbocycles. The lowest BCUT2D eigenvalue weighted by molar-refractivity contribution is -0.385. The first kappa shape index (κ1) is 17.4. The van der Waals surface area contributed by atoms with E-state index in [9.17, 15) is 14.9 Å². The second-order valence-corrected chi connectivity index (χ2v) is 5.18. The minimum absolute atomic E-state index is 0. The van der Waals surface area contributed by atoms with Crippen LogP contribution in [0.1, 0.15) is 31.7 Å². The molecule has 1 atom stereocenters. The highest BCUT2D eigenvalue weighted by atomic mass is 35.5. The Labute approximate surface area is 129 Å². The molecule has 2 N–H and O–H groups in total. The van der Waals surface area contributed by atoms with Gasteiger partial charge in [0.1, 0.15) is 0 Å². The Balaban J connectivity index is 0.00000220. The molecule has 116 valence electrons. The van der Waals surface area contributed by atoms with Gasteiger partial charge in [0.05, 0.1) is 10.5 Å². The van der Waals surface area contributed by atoms with E-state index in [1.807, 2.05) is 6.92 Å². The molecule has 1 aliphatic rings. The highest BCUT2D eigenvalue weighted by molar-refractivity contribution is 5.98. The second-order valence-electron chi connectivity index (χ2n) is 5.18. The van der Waals surface area contributed by atoms with Gasteiger partial charge in [0, 0.05) is 17.3 Å². The van der Waals surface area contributed by atoms with Gasteiger partial charge >= 0.3 is 0 Å². The van der Waals surface area contributed by atoms with Crippen molar-refractivity contribution in [3.8, 4) is 0 Å². The van der Waals surface area contributed by atoms with Crippen molar-refractivity contribution in [2.45, 2.75) is 38.6 Å². The van der Waals surface area contributed by atoms with Crippen LogP contribution in [0.5, 0.6) is 0 Å². The van der Waals surface area contributed by atoms with E-state index in [2.05, 4.69) is 10.6 Å². The summed E-state index contributed by atoms with van der Waals surface area (Å²) in [5.41, 5.74) is 0.526. The monoisotopic (exact) mass is 313 g/mol. The van der Waals surface area contributed by atoms with Gasteiger partial charge in [-0.05, 0) is 38.8 Å². The molecule has 0 spiro atoms. The molecule has 1 aromatic rings. The van der Waals surface area contributed by atoms with Gasteiger partial charge in [0.25, 0.3) is 5.69 Å². The standard InChI is InChI=1S/C14H19N3O3.ClH/c1-3-14(7-4-8-15-14)13(18)16-11-6-5-10(2)12(9-11)17(19)20;/h5-6,9,15H,3-4,7-8H2,1-2H3,(H,16,18);1H. The second kappa shape index (κ2) is 6.87. The van der Waals surface area contributed by atoms with Gasteiger partial charge in [-0.25, -0.2) is 0 Å². The van der Waals surface area contributed by atoms with Gasteiger partial charge in [-0.1, -0.05) is 13.0 Å². The highest BCUT2D eigenvalue weighted by Gasteiger charge is 2.39. The summed E-state index contributed by atoms with van der Waals surface area (Å²) >= 11 is 0. The minimum Gasteiger partial charge on any atom is -0.324 e. The van der Waals surface area contributed by atoms with Crippen molar-refractivity contribution in [2.75, 3.05) is 11.9 Å². The van der Waals surface area contributed by atoms with Gasteiger partial charge in [0.15, 0.2) is 0 Å². The number of halogens is 1. The zero-order valence-corrected chi connectivity index (χ0v) is 13.0. The molecule has 0 aliphatic carbocycles. The molecule has 1 heterocycles. The third-order valence-electron chi connectivity index (χ3n) is 3.95. The number of benzene rings is 1. The average molecular weight is 314 g/mol. The van der Waals surface area contributed by atoms with Crippen molar-refractivity contribution < 1.29 is 9.72 Å². The topological polar surface area (TPSA) is 84.3 Å². The molecule has 0 radical (unpaired) electrons. The highest BCUT2D eigenvalue weighted by Crippen LogP contribution is 2.27. The number of aryl methyl sites for hydroxylation is 1. The van der Waals surface area contributed by atoms with Crippen LogP contribution in [0.15, 0.2) is 18.2 Å². The first-order chi connectivity index (χ1) is 9.48. The molecule has 6 nitrogen and oxygen atoms in total. The van der Waals surface area contributed by atoms with Gasteiger partial charge in [-0.3, -0.25) is 14.9 Å². The fourth-order valence-electron chi connectivity index (χ4n) is 2.60. The zero-order chi connectivity index (χ0) is 14.8.